The molecule has 162 valence electrons. The molecule has 1 aliphatic rings. The molecule has 30 heavy (non-hydrogen) atoms. The van der Waals surface area contributed by atoms with Gasteiger partial charge in [0.15, 0.2) is 27.0 Å². The summed E-state index contributed by atoms with van der Waals surface area (Å²) in [6, 6.07) is 3.00. The molecule has 0 heterocycles. The van der Waals surface area contributed by atoms with Gasteiger partial charge in [-0.15, -0.1) is 10.2 Å². The second-order valence-corrected chi connectivity index (χ2v) is 9.40. The zero-order chi connectivity index (χ0) is 22.9. The minimum Gasteiger partial charge on any atom is -0.509 e. The third-order valence-corrected chi connectivity index (χ3v) is 5.64. The number of nitrogens with zero attached hydrogens (tertiary/aromatic N) is 3. The number of nitro benzene ring substituents is 1. The van der Waals surface area contributed by atoms with Crippen LogP contribution >= 0.6 is 0 Å². The number of nitro groups is 1. The summed E-state index contributed by atoms with van der Waals surface area (Å²) in [5.41, 5.74) is -2.41. The third-order valence-electron chi connectivity index (χ3n) is 4.53. The number of azo groups is 1. The van der Waals surface area contributed by atoms with Crippen molar-refractivity contribution in [1.29, 1.82) is 0 Å². The van der Waals surface area contributed by atoms with E-state index in [1.165, 1.54) is 0 Å². The maximum Gasteiger partial charge on any atom is 0.317 e. The van der Waals surface area contributed by atoms with E-state index in [0.717, 1.165) is 24.5 Å². The van der Waals surface area contributed by atoms with E-state index in [1.807, 2.05) is 0 Å². The molecule has 2 rings (SSSR count). The number of benzene rings is 1. The van der Waals surface area contributed by atoms with Gasteiger partial charge in [0, 0.05) is 18.7 Å². The van der Waals surface area contributed by atoms with Crippen molar-refractivity contribution in [3.63, 3.8) is 0 Å². The van der Waals surface area contributed by atoms with E-state index in [-0.39, 0.29) is 23.6 Å². The Bertz CT molecular complexity index is 1070. The number of hydrogen-bond donors (Lipinski definition) is 1. The summed E-state index contributed by atoms with van der Waals surface area (Å²) >= 11 is 0. The van der Waals surface area contributed by atoms with Crippen molar-refractivity contribution in [1.82, 2.24) is 0 Å². The van der Waals surface area contributed by atoms with Gasteiger partial charge in [-0.05, 0) is 24.5 Å². The second-order valence-electron chi connectivity index (χ2n) is 7.39. The zero-order valence-electron chi connectivity index (χ0n) is 16.8. The monoisotopic (exact) mass is 439 g/mol. The summed E-state index contributed by atoms with van der Waals surface area (Å²) in [7, 11) is -3.70. The first-order chi connectivity index (χ1) is 13.8. The molecule has 1 aromatic rings. The smallest absolute Gasteiger partial charge is 0.317 e. The molecule has 1 atom stereocenters. The van der Waals surface area contributed by atoms with Gasteiger partial charge >= 0.3 is 5.97 Å². The number of ether oxygens (including phenoxy) is 1. The molecule has 0 bridgehead atoms. The Balaban J connectivity index is 2.54. The molecule has 0 saturated carbocycles. The minimum atomic E-state index is -3.70. The Morgan fingerprint density at radius 2 is 2.00 bits per heavy atom. The fourth-order valence-electron chi connectivity index (χ4n) is 3.08. The van der Waals surface area contributed by atoms with Crippen LogP contribution in [-0.4, -0.2) is 43.1 Å². The van der Waals surface area contributed by atoms with Gasteiger partial charge in [-0.2, -0.15) is 0 Å². The lowest BCUT2D eigenvalue weighted by molar-refractivity contribution is -0.384. The highest BCUT2D eigenvalue weighted by atomic mass is 32.2. The van der Waals surface area contributed by atoms with Crippen molar-refractivity contribution < 1.29 is 32.8 Å². The van der Waals surface area contributed by atoms with Crippen molar-refractivity contribution in [3.05, 3.63) is 39.8 Å². The van der Waals surface area contributed by atoms with E-state index < -0.39 is 55.0 Å². The quantitative estimate of drug-likeness (QED) is 0.305. The van der Waals surface area contributed by atoms with Crippen LogP contribution in [0.5, 0.6) is 0 Å². The number of Topliss-reactive ketones (excluding diaryl/α,β-unsaturated/α-hetero) is 1. The van der Waals surface area contributed by atoms with Crippen molar-refractivity contribution in [2.24, 2.45) is 21.6 Å². The minimum absolute atomic E-state index is 0.0718. The van der Waals surface area contributed by atoms with Crippen LogP contribution < -0.4 is 0 Å². The highest BCUT2D eigenvalue weighted by Gasteiger charge is 2.47. The summed E-state index contributed by atoms with van der Waals surface area (Å²) in [6.45, 7) is 4.90. The van der Waals surface area contributed by atoms with Gasteiger partial charge in [0.2, 0.25) is 0 Å². The predicted octanol–water partition coefficient (Wildman–Crippen LogP) is 3.03. The molecular formula is C18H21N3O8S. The first kappa shape index (κ1) is 23.1. The van der Waals surface area contributed by atoms with Crippen LogP contribution in [0.4, 0.5) is 11.4 Å². The molecule has 1 unspecified atom stereocenters. The standard InChI is InChI=1S/C18H21N3O8S/c1-5-29-17(24)14-16(23)15(13(22)9-18(14,2)3)20-19-11-7-6-10(30(4,27)28)8-12(11)21(25)26/h6-8,14,23H,5,9H2,1-4H3/b20-19+. The van der Waals surface area contributed by atoms with Gasteiger partial charge in [0.1, 0.15) is 11.7 Å². The molecule has 12 heteroatoms. The topological polar surface area (TPSA) is 166 Å². The SMILES string of the molecule is CCOC(=O)C1C(O)=C(/N=N/c2ccc(S(C)(=O)=O)cc2[N+](=O)[O-])C(=O)CC1(C)C. The lowest BCUT2D eigenvalue weighted by atomic mass is 9.70. The third kappa shape index (κ3) is 4.70. The van der Waals surface area contributed by atoms with Crippen molar-refractivity contribution in [2.45, 2.75) is 32.1 Å². The maximum atomic E-state index is 12.4. The van der Waals surface area contributed by atoms with Crippen LogP contribution in [0.15, 0.2) is 44.8 Å². The molecule has 11 nitrogen and oxygen atoms in total. The number of carbonyl (C=O) groups excluding carboxylic acids is 2. The summed E-state index contributed by atoms with van der Waals surface area (Å²) in [6.07, 6.45) is 0.762. The predicted molar refractivity (Wildman–Crippen MR) is 104 cm³/mol. The van der Waals surface area contributed by atoms with E-state index in [0.29, 0.717) is 0 Å². The summed E-state index contributed by atoms with van der Waals surface area (Å²) in [4.78, 5) is 34.9. The van der Waals surface area contributed by atoms with Crippen molar-refractivity contribution in [2.75, 3.05) is 12.9 Å². The van der Waals surface area contributed by atoms with Gasteiger partial charge < -0.3 is 9.84 Å². The highest BCUT2D eigenvalue weighted by molar-refractivity contribution is 7.90. The molecule has 0 aliphatic heterocycles. The zero-order valence-corrected chi connectivity index (χ0v) is 17.6. The van der Waals surface area contributed by atoms with Gasteiger partial charge in [-0.1, -0.05) is 13.8 Å². The number of esters is 1. The van der Waals surface area contributed by atoms with Gasteiger partial charge in [0.05, 0.1) is 16.4 Å². The number of ketones is 1. The number of aliphatic hydroxyl groups is 1. The lowest BCUT2D eigenvalue weighted by Gasteiger charge is -2.35. The first-order valence-corrected chi connectivity index (χ1v) is 10.7. The number of carbonyl (C=O) groups is 2. The van der Waals surface area contributed by atoms with Gasteiger partial charge in [-0.3, -0.25) is 19.7 Å². The van der Waals surface area contributed by atoms with E-state index >= 15 is 0 Å². The molecule has 0 radical (unpaired) electrons. The number of hydrogen-bond acceptors (Lipinski definition) is 10. The molecule has 0 fully saturated rings. The largest absolute Gasteiger partial charge is 0.509 e. The Labute approximate surface area is 172 Å². The number of rotatable bonds is 6. The molecule has 1 N–H and O–H groups in total. The fraction of sp³-hybridized carbons (Fsp3) is 0.444. The average Bonchev–Trinajstić information content (AvgIpc) is 2.59. The summed E-state index contributed by atoms with van der Waals surface area (Å²) in [5.74, 6) is -3.12. The maximum absolute atomic E-state index is 12.4. The molecule has 1 aliphatic carbocycles. The normalized spacial score (nSPS) is 19.2. The van der Waals surface area contributed by atoms with Crippen LogP contribution in [0, 0.1) is 21.4 Å². The van der Waals surface area contributed by atoms with E-state index in [1.54, 1.807) is 20.8 Å². The van der Waals surface area contributed by atoms with Crippen LogP contribution in [0.2, 0.25) is 0 Å². The second kappa shape index (κ2) is 8.30. The molecule has 1 aromatic carbocycles. The molecule has 0 aromatic heterocycles. The summed E-state index contributed by atoms with van der Waals surface area (Å²) in [5, 5.41) is 29.1. The van der Waals surface area contributed by atoms with Crippen LogP contribution in [0.25, 0.3) is 0 Å². The Kier molecular flexibility index (Phi) is 6.40. The van der Waals surface area contributed by atoms with Gasteiger partial charge in [-0.25, -0.2) is 8.42 Å². The average molecular weight is 439 g/mol. The Hall–Kier alpha value is -3.15. The van der Waals surface area contributed by atoms with Crippen LogP contribution in [-0.2, 0) is 24.2 Å². The van der Waals surface area contributed by atoms with E-state index in [2.05, 4.69) is 10.2 Å². The fourth-order valence-corrected chi connectivity index (χ4v) is 3.72. The van der Waals surface area contributed by atoms with E-state index in [4.69, 9.17) is 4.74 Å². The number of aliphatic hydroxyl groups excluding tert-OH is 1. The summed E-state index contributed by atoms with van der Waals surface area (Å²) < 4.78 is 28.2. The van der Waals surface area contributed by atoms with Gasteiger partial charge in [0.25, 0.3) is 5.69 Å². The first-order valence-electron chi connectivity index (χ1n) is 8.82. The van der Waals surface area contributed by atoms with Crippen LogP contribution in [0.3, 0.4) is 0 Å². The van der Waals surface area contributed by atoms with Crippen molar-refractivity contribution >= 4 is 33.0 Å². The Morgan fingerprint density at radius 1 is 1.37 bits per heavy atom. The molecule has 0 amide bonds. The lowest BCUT2D eigenvalue weighted by Crippen LogP contribution is -2.40. The van der Waals surface area contributed by atoms with E-state index in [9.17, 15) is 33.2 Å². The number of sulfone groups is 1. The molecule has 0 saturated heterocycles. The highest BCUT2D eigenvalue weighted by Crippen LogP contribution is 2.43. The van der Waals surface area contributed by atoms with Crippen LogP contribution in [0.1, 0.15) is 27.2 Å². The molecule has 0 spiro atoms. The Morgan fingerprint density at radius 3 is 2.53 bits per heavy atom. The number of allylic oxidation sites excluding steroid dienone is 1. The molecular weight excluding hydrogens is 418 g/mol. The van der Waals surface area contributed by atoms with Crippen molar-refractivity contribution in [3.8, 4) is 0 Å².